The molecule has 0 fully saturated rings. The van der Waals surface area contributed by atoms with Gasteiger partial charge in [-0.15, -0.1) is 0 Å². The lowest BCUT2D eigenvalue weighted by atomic mass is 10.2. The van der Waals surface area contributed by atoms with Crippen LogP contribution in [0.4, 0.5) is 18.3 Å². The van der Waals surface area contributed by atoms with E-state index in [0.717, 1.165) is 10.0 Å². The molecular formula is C10H7BrF3N3S. The van der Waals surface area contributed by atoms with Crippen LogP contribution in [-0.2, 0) is 12.7 Å². The molecule has 0 bridgehead atoms. The average molecular weight is 338 g/mol. The van der Waals surface area contributed by atoms with Crippen molar-refractivity contribution >= 4 is 32.6 Å². The minimum absolute atomic E-state index is 0.155. The zero-order valence-corrected chi connectivity index (χ0v) is 11.2. The van der Waals surface area contributed by atoms with E-state index in [2.05, 4.69) is 30.6 Å². The third-order valence-electron chi connectivity index (χ3n) is 2.01. The number of anilines is 1. The highest BCUT2D eigenvalue weighted by atomic mass is 79.9. The van der Waals surface area contributed by atoms with E-state index in [1.807, 2.05) is 24.3 Å². The minimum atomic E-state index is -4.49. The van der Waals surface area contributed by atoms with E-state index in [9.17, 15) is 13.2 Å². The van der Waals surface area contributed by atoms with E-state index in [-0.39, 0.29) is 5.13 Å². The molecule has 0 aliphatic carbocycles. The van der Waals surface area contributed by atoms with Crippen LogP contribution in [-0.4, -0.2) is 9.36 Å². The Morgan fingerprint density at radius 2 is 2.11 bits per heavy atom. The lowest BCUT2D eigenvalue weighted by Gasteiger charge is -2.03. The van der Waals surface area contributed by atoms with Crippen LogP contribution in [0.1, 0.15) is 11.4 Å². The predicted molar refractivity (Wildman–Crippen MR) is 66.4 cm³/mol. The van der Waals surface area contributed by atoms with Gasteiger partial charge in [-0.05, 0) is 17.7 Å². The van der Waals surface area contributed by atoms with Crippen LogP contribution in [0.3, 0.4) is 0 Å². The summed E-state index contributed by atoms with van der Waals surface area (Å²) in [7, 11) is 0. The highest BCUT2D eigenvalue weighted by Gasteiger charge is 2.36. The largest absolute Gasteiger partial charge is 0.452 e. The van der Waals surface area contributed by atoms with Crippen molar-refractivity contribution in [3.05, 3.63) is 40.1 Å². The number of halogens is 4. The number of hydrogen-bond acceptors (Lipinski definition) is 4. The molecule has 1 heterocycles. The van der Waals surface area contributed by atoms with Gasteiger partial charge in [-0.3, -0.25) is 0 Å². The van der Waals surface area contributed by atoms with Crippen molar-refractivity contribution in [3.63, 3.8) is 0 Å². The van der Waals surface area contributed by atoms with Crippen molar-refractivity contribution in [2.45, 2.75) is 12.7 Å². The van der Waals surface area contributed by atoms with Crippen LogP contribution in [0.5, 0.6) is 0 Å². The first-order chi connectivity index (χ1) is 8.45. The van der Waals surface area contributed by atoms with Gasteiger partial charge in [-0.2, -0.15) is 22.5 Å². The highest BCUT2D eigenvalue weighted by molar-refractivity contribution is 9.10. The van der Waals surface area contributed by atoms with Crippen LogP contribution in [0.2, 0.25) is 0 Å². The van der Waals surface area contributed by atoms with Gasteiger partial charge in [0.2, 0.25) is 11.0 Å². The number of nitrogens with zero attached hydrogens (tertiary/aromatic N) is 2. The molecule has 2 rings (SSSR count). The average Bonchev–Trinajstić information content (AvgIpc) is 2.74. The van der Waals surface area contributed by atoms with Gasteiger partial charge < -0.3 is 5.32 Å². The Kier molecular flexibility index (Phi) is 3.86. The first kappa shape index (κ1) is 13.3. The second kappa shape index (κ2) is 5.23. The van der Waals surface area contributed by atoms with Crippen molar-refractivity contribution < 1.29 is 13.2 Å². The minimum Gasteiger partial charge on any atom is -0.356 e. The Hall–Kier alpha value is -1.15. The Morgan fingerprint density at radius 3 is 2.72 bits per heavy atom. The third kappa shape index (κ3) is 3.42. The van der Waals surface area contributed by atoms with E-state index in [1.165, 1.54) is 0 Å². The summed E-state index contributed by atoms with van der Waals surface area (Å²) in [6.07, 6.45) is -4.49. The fourth-order valence-corrected chi connectivity index (χ4v) is 2.26. The molecule has 1 aromatic carbocycles. The number of hydrogen-bond donors (Lipinski definition) is 1. The van der Waals surface area contributed by atoms with Crippen LogP contribution in [0.15, 0.2) is 28.7 Å². The molecule has 96 valence electrons. The molecule has 0 spiro atoms. The number of alkyl halides is 3. The monoisotopic (exact) mass is 337 g/mol. The molecule has 0 unspecified atom stereocenters. The highest BCUT2D eigenvalue weighted by Crippen LogP contribution is 2.29. The maximum atomic E-state index is 12.3. The van der Waals surface area contributed by atoms with Crippen LogP contribution >= 0.6 is 27.5 Å². The number of rotatable bonds is 3. The molecule has 0 aliphatic heterocycles. The van der Waals surface area contributed by atoms with Crippen molar-refractivity contribution in [1.29, 1.82) is 0 Å². The molecule has 0 amide bonds. The molecule has 3 nitrogen and oxygen atoms in total. The van der Waals surface area contributed by atoms with Gasteiger partial charge >= 0.3 is 6.18 Å². The zero-order chi connectivity index (χ0) is 13.2. The molecule has 0 aliphatic rings. The molecule has 18 heavy (non-hydrogen) atoms. The summed E-state index contributed by atoms with van der Waals surface area (Å²) < 4.78 is 41.0. The van der Waals surface area contributed by atoms with Gasteiger partial charge in [0.1, 0.15) is 0 Å². The molecular weight excluding hydrogens is 331 g/mol. The smallest absolute Gasteiger partial charge is 0.356 e. The second-order valence-electron chi connectivity index (χ2n) is 3.40. The Morgan fingerprint density at radius 1 is 1.33 bits per heavy atom. The SMILES string of the molecule is FC(F)(F)c1nsc(NCc2cccc(Br)c2)n1. The van der Waals surface area contributed by atoms with Gasteiger partial charge in [0.15, 0.2) is 0 Å². The van der Waals surface area contributed by atoms with Crippen LogP contribution < -0.4 is 5.32 Å². The van der Waals surface area contributed by atoms with E-state index in [1.54, 1.807) is 0 Å². The lowest BCUT2D eigenvalue weighted by molar-refractivity contribution is -0.144. The standard InChI is InChI=1S/C10H7BrF3N3S/c11-7-3-1-2-6(4-7)5-15-9-16-8(17-18-9)10(12,13)14/h1-4H,5H2,(H,15,16,17). The maximum absolute atomic E-state index is 12.3. The van der Waals surface area contributed by atoms with Gasteiger partial charge in [0, 0.05) is 22.5 Å². The summed E-state index contributed by atoms with van der Waals surface area (Å²) in [6, 6.07) is 7.46. The molecule has 8 heteroatoms. The quantitative estimate of drug-likeness (QED) is 0.921. The Labute approximate surface area is 113 Å². The molecule has 0 saturated carbocycles. The van der Waals surface area contributed by atoms with E-state index >= 15 is 0 Å². The van der Waals surface area contributed by atoms with E-state index in [4.69, 9.17) is 0 Å². The Balaban J connectivity index is 2.01. The summed E-state index contributed by atoms with van der Waals surface area (Å²) >= 11 is 4.01. The number of nitrogens with one attached hydrogen (secondary N) is 1. The molecule has 0 saturated heterocycles. The van der Waals surface area contributed by atoms with Crippen LogP contribution in [0.25, 0.3) is 0 Å². The van der Waals surface area contributed by atoms with E-state index < -0.39 is 12.0 Å². The summed E-state index contributed by atoms with van der Waals surface area (Å²) in [5.74, 6) is -1.11. The maximum Gasteiger partial charge on any atom is 0.452 e. The zero-order valence-electron chi connectivity index (χ0n) is 8.83. The van der Waals surface area contributed by atoms with E-state index in [0.29, 0.717) is 18.1 Å². The molecule has 1 N–H and O–H groups in total. The van der Waals surface area contributed by atoms with Gasteiger partial charge in [-0.25, -0.2) is 0 Å². The van der Waals surface area contributed by atoms with Crippen LogP contribution in [0, 0.1) is 0 Å². The summed E-state index contributed by atoms with van der Waals surface area (Å²) in [5.41, 5.74) is 0.938. The molecule has 2 aromatic rings. The van der Waals surface area contributed by atoms with Crippen molar-refractivity contribution in [2.24, 2.45) is 0 Å². The van der Waals surface area contributed by atoms with Gasteiger partial charge in [0.05, 0.1) is 0 Å². The van der Waals surface area contributed by atoms with Crippen molar-refractivity contribution in [3.8, 4) is 0 Å². The lowest BCUT2D eigenvalue weighted by Crippen LogP contribution is -2.07. The summed E-state index contributed by atoms with van der Waals surface area (Å²) in [4.78, 5) is 3.38. The third-order valence-corrected chi connectivity index (χ3v) is 3.18. The normalized spacial score (nSPS) is 11.6. The topological polar surface area (TPSA) is 37.8 Å². The number of benzene rings is 1. The fraction of sp³-hybridized carbons (Fsp3) is 0.200. The van der Waals surface area contributed by atoms with Gasteiger partial charge in [0.25, 0.3) is 0 Å². The molecule has 0 radical (unpaired) electrons. The summed E-state index contributed by atoms with van der Waals surface area (Å²) in [6.45, 7) is 0.395. The Bertz CT molecular complexity index is 541. The second-order valence-corrected chi connectivity index (χ2v) is 5.07. The number of aromatic nitrogens is 2. The summed E-state index contributed by atoms with van der Waals surface area (Å²) in [5, 5.41) is 2.96. The van der Waals surface area contributed by atoms with Gasteiger partial charge in [-0.1, -0.05) is 28.1 Å². The van der Waals surface area contributed by atoms with Crippen molar-refractivity contribution in [2.75, 3.05) is 5.32 Å². The molecule has 1 aromatic heterocycles. The predicted octanol–water partition coefficient (Wildman–Crippen LogP) is 3.93. The van der Waals surface area contributed by atoms with Crippen molar-refractivity contribution in [1.82, 2.24) is 9.36 Å². The first-order valence-corrected chi connectivity index (χ1v) is 6.41. The first-order valence-electron chi connectivity index (χ1n) is 4.84. The fourth-order valence-electron chi connectivity index (χ4n) is 1.24. The molecule has 0 atom stereocenters.